The van der Waals surface area contributed by atoms with Gasteiger partial charge < -0.3 is 14.5 Å². The van der Waals surface area contributed by atoms with Gasteiger partial charge in [0.25, 0.3) is 5.91 Å². The fourth-order valence-corrected chi connectivity index (χ4v) is 3.06. The second-order valence-corrected chi connectivity index (χ2v) is 7.17. The maximum absolute atomic E-state index is 12.0. The molecule has 0 aliphatic heterocycles. The van der Waals surface area contributed by atoms with Crippen LogP contribution in [0.3, 0.4) is 0 Å². The topological polar surface area (TPSA) is 63.5 Å². The second kappa shape index (κ2) is 10.1. The van der Waals surface area contributed by atoms with E-state index in [1.165, 1.54) is 5.56 Å². The van der Waals surface area contributed by atoms with Gasteiger partial charge in [-0.05, 0) is 70.8 Å². The van der Waals surface area contributed by atoms with E-state index in [9.17, 15) is 4.79 Å². The average molecular weight is 459 g/mol. The Hall–Kier alpha value is -2.64. The number of anilines is 1. The standard InChI is InChI=1S/C21H19BrN2O3S/c22-19-12-11-18(27-19)20(25)24-21(28)23-16-9-4-10-17(14-16)26-13-5-8-15-6-2-1-3-7-15/h1-4,6-7,9-12,14H,5,8,13H2,(H2,23,24,25,28). The number of ether oxygens (including phenoxy) is 1. The van der Waals surface area contributed by atoms with E-state index in [0.29, 0.717) is 11.3 Å². The third-order valence-electron chi connectivity index (χ3n) is 3.84. The Morgan fingerprint density at radius 3 is 2.64 bits per heavy atom. The van der Waals surface area contributed by atoms with Gasteiger partial charge in [-0.3, -0.25) is 10.1 Å². The number of hydrogen-bond acceptors (Lipinski definition) is 4. The predicted molar refractivity (Wildman–Crippen MR) is 117 cm³/mol. The SMILES string of the molecule is O=C(NC(=S)Nc1cccc(OCCCc2ccccc2)c1)c1ccc(Br)o1. The van der Waals surface area contributed by atoms with Gasteiger partial charge in [0.05, 0.1) is 6.61 Å². The second-order valence-electron chi connectivity index (χ2n) is 5.98. The molecule has 3 aromatic rings. The van der Waals surface area contributed by atoms with Gasteiger partial charge in [-0.25, -0.2) is 0 Å². The van der Waals surface area contributed by atoms with E-state index < -0.39 is 5.91 Å². The van der Waals surface area contributed by atoms with Gasteiger partial charge >= 0.3 is 0 Å². The van der Waals surface area contributed by atoms with Crippen LogP contribution in [0, 0.1) is 0 Å². The zero-order chi connectivity index (χ0) is 19.8. The molecule has 3 rings (SSSR count). The molecule has 28 heavy (non-hydrogen) atoms. The first-order chi connectivity index (χ1) is 13.6. The number of nitrogens with one attached hydrogen (secondary N) is 2. The fraction of sp³-hybridized carbons (Fsp3) is 0.143. The van der Waals surface area contributed by atoms with Crippen LogP contribution in [0.2, 0.25) is 0 Å². The van der Waals surface area contributed by atoms with Crippen molar-refractivity contribution in [2.75, 3.05) is 11.9 Å². The molecule has 2 aromatic carbocycles. The number of carbonyl (C=O) groups is 1. The molecule has 0 saturated heterocycles. The Labute approximate surface area is 177 Å². The molecule has 144 valence electrons. The van der Waals surface area contributed by atoms with E-state index in [1.54, 1.807) is 12.1 Å². The van der Waals surface area contributed by atoms with E-state index in [0.717, 1.165) is 24.3 Å². The summed E-state index contributed by atoms with van der Waals surface area (Å²) in [5, 5.41) is 5.73. The lowest BCUT2D eigenvalue weighted by Crippen LogP contribution is -2.33. The van der Waals surface area contributed by atoms with E-state index in [2.05, 4.69) is 38.7 Å². The molecule has 0 aliphatic carbocycles. The number of carbonyl (C=O) groups excluding carboxylic acids is 1. The van der Waals surface area contributed by atoms with Crippen molar-refractivity contribution in [1.82, 2.24) is 5.32 Å². The van der Waals surface area contributed by atoms with Crippen LogP contribution in [0.4, 0.5) is 5.69 Å². The summed E-state index contributed by atoms with van der Waals surface area (Å²) in [6.45, 7) is 0.618. The van der Waals surface area contributed by atoms with Gasteiger partial charge in [0.2, 0.25) is 0 Å². The third-order valence-corrected chi connectivity index (χ3v) is 4.47. The first kappa shape index (κ1) is 20.1. The largest absolute Gasteiger partial charge is 0.494 e. The quantitative estimate of drug-likeness (QED) is 0.377. The molecule has 0 unspecified atom stereocenters. The molecule has 7 heteroatoms. The van der Waals surface area contributed by atoms with Gasteiger partial charge in [-0.15, -0.1) is 0 Å². The molecule has 0 saturated carbocycles. The smallest absolute Gasteiger partial charge is 0.293 e. The van der Waals surface area contributed by atoms with Crippen molar-refractivity contribution in [2.24, 2.45) is 0 Å². The first-order valence-electron chi connectivity index (χ1n) is 8.74. The minimum atomic E-state index is -0.420. The molecule has 1 heterocycles. The summed E-state index contributed by atoms with van der Waals surface area (Å²) in [6.07, 6.45) is 1.90. The van der Waals surface area contributed by atoms with Crippen LogP contribution in [-0.4, -0.2) is 17.6 Å². The molecule has 0 bridgehead atoms. The zero-order valence-corrected chi connectivity index (χ0v) is 17.4. The summed E-state index contributed by atoms with van der Waals surface area (Å²) in [4.78, 5) is 12.0. The van der Waals surface area contributed by atoms with E-state index in [4.69, 9.17) is 21.4 Å². The maximum atomic E-state index is 12.0. The van der Waals surface area contributed by atoms with Crippen LogP contribution in [0.25, 0.3) is 0 Å². The minimum absolute atomic E-state index is 0.173. The van der Waals surface area contributed by atoms with Crippen LogP contribution in [0.15, 0.2) is 75.8 Å². The number of benzene rings is 2. The molecule has 2 N–H and O–H groups in total. The van der Waals surface area contributed by atoms with Crippen LogP contribution in [-0.2, 0) is 6.42 Å². The summed E-state index contributed by atoms with van der Waals surface area (Å²) >= 11 is 8.34. The summed E-state index contributed by atoms with van der Waals surface area (Å²) in [5.74, 6) is 0.491. The van der Waals surface area contributed by atoms with Crippen LogP contribution >= 0.6 is 28.1 Å². The fourth-order valence-electron chi connectivity index (χ4n) is 2.54. The number of rotatable bonds is 7. The first-order valence-corrected chi connectivity index (χ1v) is 9.95. The molecule has 0 atom stereocenters. The van der Waals surface area contributed by atoms with Crippen molar-refractivity contribution in [3.8, 4) is 5.75 Å². The minimum Gasteiger partial charge on any atom is -0.494 e. The van der Waals surface area contributed by atoms with Crippen molar-refractivity contribution < 1.29 is 13.9 Å². The zero-order valence-electron chi connectivity index (χ0n) is 15.0. The van der Waals surface area contributed by atoms with Crippen molar-refractivity contribution >= 4 is 44.9 Å². The number of amides is 1. The monoisotopic (exact) mass is 458 g/mol. The summed E-state index contributed by atoms with van der Waals surface area (Å²) in [6, 6.07) is 21.0. The van der Waals surface area contributed by atoms with Gasteiger partial charge in [0.1, 0.15) is 5.75 Å². The highest BCUT2D eigenvalue weighted by molar-refractivity contribution is 9.10. The van der Waals surface area contributed by atoms with E-state index in [-0.39, 0.29) is 10.9 Å². The third kappa shape index (κ3) is 6.21. The van der Waals surface area contributed by atoms with Gasteiger partial charge in [-0.1, -0.05) is 36.4 Å². The van der Waals surface area contributed by atoms with Crippen molar-refractivity contribution in [1.29, 1.82) is 0 Å². The van der Waals surface area contributed by atoms with Crippen LogP contribution in [0.5, 0.6) is 5.75 Å². The lowest BCUT2D eigenvalue weighted by Gasteiger charge is -2.11. The maximum Gasteiger partial charge on any atom is 0.293 e. The molecule has 0 spiro atoms. The van der Waals surface area contributed by atoms with Gasteiger partial charge in [0.15, 0.2) is 15.5 Å². The molecule has 0 aliphatic rings. The molecular weight excluding hydrogens is 440 g/mol. The Bertz CT molecular complexity index is 944. The molecule has 1 aromatic heterocycles. The Balaban J connectivity index is 1.46. The van der Waals surface area contributed by atoms with Crippen molar-refractivity contribution in [3.05, 3.63) is 82.7 Å². The number of hydrogen-bond donors (Lipinski definition) is 2. The van der Waals surface area contributed by atoms with Gasteiger partial charge in [0, 0.05) is 11.8 Å². The normalized spacial score (nSPS) is 10.3. The van der Waals surface area contributed by atoms with Crippen molar-refractivity contribution in [2.45, 2.75) is 12.8 Å². The Kier molecular flexibility index (Phi) is 7.22. The molecular formula is C21H19BrN2O3S. The number of halogens is 1. The van der Waals surface area contributed by atoms with Crippen LogP contribution in [0.1, 0.15) is 22.5 Å². The summed E-state index contributed by atoms with van der Waals surface area (Å²) in [7, 11) is 0. The van der Waals surface area contributed by atoms with E-state index >= 15 is 0 Å². The number of thiocarbonyl (C=S) groups is 1. The lowest BCUT2D eigenvalue weighted by atomic mass is 10.1. The van der Waals surface area contributed by atoms with E-state index in [1.807, 2.05) is 42.5 Å². The van der Waals surface area contributed by atoms with Gasteiger partial charge in [-0.2, -0.15) is 0 Å². The highest BCUT2D eigenvalue weighted by atomic mass is 79.9. The Morgan fingerprint density at radius 1 is 1.07 bits per heavy atom. The molecule has 0 fully saturated rings. The van der Waals surface area contributed by atoms with Crippen LogP contribution < -0.4 is 15.4 Å². The lowest BCUT2D eigenvalue weighted by molar-refractivity contribution is 0.0949. The molecule has 1 amide bonds. The highest BCUT2D eigenvalue weighted by Crippen LogP contribution is 2.18. The number of aryl methyl sites for hydroxylation is 1. The van der Waals surface area contributed by atoms with Crippen molar-refractivity contribution in [3.63, 3.8) is 0 Å². The summed E-state index contributed by atoms with van der Waals surface area (Å²) in [5.41, 5.74) is 2.03. The molecule has 5 nitrogen and oxygen atoms in total. The summed E-state index contributed by atoms with van der Waals surface area (Å²) < 4.78 is 11.5. The highest BCUT2D eigenvalue weighted by Gasteiger charge is 2.12. The number of furan rings is 1. The molecule has 0 radical (unpaired) electrons. The Morgan fingerprint density at radius 2 is 1.89 bits per heavy atom. The average Bonchev–Trinajstić information content (AvgIpc) is 3.13. The predicted octanol–water partition coefficient (Wildman–Crippen LogP) is 5.18.